The van der Waals surface area contributed by atoms with Gasteiger partial charge in [-0.05, 0) is 36.6 Å². The molecule has 0 saturated carbocycles. The average Bonchev–Trinajstić information content (AvgIpc) is 3.28. The van der Waals surface area contributed by atoms with Gasteiger partial charge in [-0.15, -0.1) is 0 Å². The first-order valence-corrected chi connectivity index (χ1v) is 10.1. The Balaban J connectivity index is 1.77. The number of halogens is 4. The molecule has 2 N–H and O–H groups in total. The van der Waals surface area contributed by atoms with Crippen LogP contribution in [0.25, 0.3) is 27.6 Å². The first-order chi connectivity index (χ1) is 15.8. The lowest BCUT2D eigenvalue weighted by Gasteiger charge is -2.22. The molecule has 5 rings (SSSR count). The summed E-state index contributed by atoms with van der Waals surface area (Å²) in [6, 6.07) is 6.20. The summed E-state index contributed by atoms with van der Waals surface area (Å²) in [5.74, 6) is -1.99. The molecule has 0 spiro atoms. The summed E-state index contributed by atoms with van der Waals surface area (Å²) in [6.07, 6.45) is 2.78. The van der Waals surface area contributed by atoms with Gasteiger partial charge >= 0.3 is 0 Å². The van der Waals surface area contributed by atoms with Gasteiger partial charge in [0.25, 0.3) is 5.56 Å². The van der Waals surface area contributed by atoms with E-state index in [1.807, 2.05) is 0 Å². The number of aromatic amines is 1. The van der Waals surface area contributed by atoms with Crippen molar-refractivity contribution >= 4 is 39.4 Å². The zero-order valence-electron chi connectivity index (χ0n) is 16.9. The largest absolute Gasteiger partial charge is 0.360 e. The average molecular weight is 471 g/mol. The lowest BCUT2D eigenvalue weighted by molar-refractivity contribution is 0.587. The van der Waals surface area contributed by atoms with Gasteiger partial charge in [0.05, 0.1) is 28.5 Å². The summed E-state index contributed by atoms with van der Waals surface area (Å²) < 4.78 is 43.9. The molecule has 166 valence electrons. The van der Waals surface area contributed by atoms with Crippen LogP contribution >= 0.6 is 11.6 Å². The minimum Gasteiger partial charge on any atom is -0.360 e. The van der Waals surface area contributed by atoms with Crippen LogP contribution in [0.3, 0.4) is 0 Å². The molecule has 0 amide bonds. The van der Waals surface area contributed by atoms with Crippen molar-refractivity contribution in [3.8, 4) is 5.69 Å². The van der Waals surface area contributed by atoms with Crippen LogP contribution in [0.4, 0.5) is 19.0 Å². The van der Waals surface area contributed by atoms with Crippen molar-refractivity contribution in [2.24, 2.45) is 0 Å². The molecule has 0 aliphatic rings. The maximum absolute atomic E-state index is 14.8. The van der Waals surface area contributed by atoms with Crippen molar-refractivity contribution in [3.63, 3.8) is 0 Å². The van der Waals surface area contributed by atoms with Crippen LogP contribution in [0.5, 0.6) is 0 Å². The van der Waals surface area contributed by atoms with E-state index in [0.29, 0.717) is 22.4 Å². The van der Waals surface area contributed by atoms with Gasteiger partial charge in [-0.2, -0.15) is 0 Å². The number of hydrogen-bond donors (Lipinski definition) is 2. The predicted molar refractivity (Wildman–Crippen MR) is 118 cm³/mol. The standard InChI is InChI=1S/C22H14ClF3N6O/c1-10(31-21-19-20(28-8-27-19)29-9-30-21)15-6-11-2-4-14(26)18(23)17(11)22(33)32(15)16-7-12(24)3-5-13(16)25/h2-10H,1H3,(H2,27,28,29,30,31)/t10-/m0/s1. The van der Waals surface area contributed by atoms with Gasteiger partial charge in [-0.3, -0.25) is 9.36 Å². The third-order valence-corrected chi connectivity index (χ3v) is 5.64. The molecule has 0 fully saturated rings. The number of aromatic nitrogens is 5. The Morgan fingerprint density at radius 1 is 1.06 bits per heavy atom. The van der Waals surface area contributed by atoms with E-state index in [2.05, 4.69) is 25.3 Å². The number of nitrogens with zero attached hydrogens (tertiary/aromatic N) is 4. The molecule has 2 aromatic carbocycles. The summed E-state index contributed by atoms with van der Waals surface area (Å²) in [6.45, 7) is 1.71. The summed E-state index contributed by atoms with van der Waals surface area (Å²) in [7, 11) is 0. The van der Waals surface area contributed by atoms with Gasteiger partial charge in [0.2, 0.25) is 0 Å². The number of pyridine rings is 1. The first kappa shape index (κ1) is 21.0. The second-order valence-corrected chi connectivity index (χ2v) is 7.70. The molecule has 7 nitrogen and oxygen atoms in total. The first-order valence-electron chi connectivity index (χ1n) is 9.75. The van der Waals surface area contributed by atoms with Crippen molar-refractivity contribution in [1.82, 2.24) is 24.5 Å². The fourth-order valence-corrected chi connectivity index (χ4v) is 3.99. The van der Waals surface area contributed by atoms with E-state index in [9.17, 15) is 18.0 Å². The molecule has 0 bridgehead atoms. The van der Waals surface area contributed by atoms with E-state index in [-0.39, 0.29) is 16.8 Å². The number of H-pyrrole nitrogens is 1. The number of rotatable bonds is 4. The van der Waals surface area contributed by atoms with E-state index in [1.165, 1.54) is 18.7 Å². The van der Waals surface area contributed by atoms with Crippen molar-refractivity contribution < 1.29 is 13.2 Å². The summed E-state index contributed by atoms with van der Waals surface area (Å²) in [4.78, 5) is 28.7. The second kappa shape index (κ2) is 7.89. The lowest BCUT2D eigenvalue weighted by Crippen LogP contribution is -2.27. The van der Waals surface area contributed by atoms with Crippen molar-refractivity contribution in [2.75, 3.05) is 5.32 Å². The highest BCUT2D eigenvalue weighted by Gasteiger charge is 2.22. The SMILES string of the molecule is C[C@H](Nc1ncnc2nc[nH]c12)c1cc2ccc(F)c(Cl)c2c(=O)n1-c1cc(F)ccc1F. The number of imidazole rings is 1. The third kappa shape index (κ3) is 3.48. The van der Waals surface area contributed by atoms with Gasteiger partial charge in [-0.1, -0.05) is 17.7 Å². The molecule has 0 radical (unpaired) electrons. The van der Waals surface area contributed by atoms with Crippen LogP contribution in [0, 0.1) is 17.5 Å². The van der Waals surface area contributed by atoms with Crippen molar-refractivity contribution in [3.05, 3.63) is 87.6 Å². The van der Waals surface area contributed by atoms with Crippen LogP contribution in [-0.2, 0) is 0 Å². The van der Waals surface area contributed by atoms with E-state index in [4.69, 9.17) is 11.6 Å². The summed E-state index contributed by atoms with van der Waals surface area (Å²) >= 11 is 6.08. The Morgan fingerprint density at radius 3 is 2.67 bits per heavy atom. The Kier molecular flexibility index (Phi) is 5.01. The number of nitrogens with one attached hydrogen (secondary N) is 2. The minimum atomic E-state index is -0.836. The van der Waals surface area contributed by atoms with E-state index in [1.54, 1.807) is 13.0 Å². The molecule has 1 atom stereocenters. The van der Waals surface area contributed by atoms with E-state index >= 15 is 0 Å². The second-order valence-electron chi connectivity index (χ2n) is 7.32. The Bertz CT molecular complexity index is 1600. The molecule has 3 aromatic heterocycles. The number of benzene rings is 2. The Labute approximate surface area is 188 Å². The van der Waals surface area contributed by atoms with Gasteiger partial charge in [-0.25, -0.2) is 28.1 Å². The topological polar surface area (TPSA) is 88.5 Å². The fourth-order valence-electron chi connectivity index (χ4n) is 3.73. The van der Waals surface area contributed by atoms with Crippen LogP contribution in [0.1, 0.15) is 18.7 Å². The maximum Gasteiger partial charge on any atom is 0.264 e. The van der Waals surface area contributed by atoms with Crippen LogP contribution in [0.15, 0.2) is 53.8 Å². The van der Waals surface area contributed by atoms with Gasteiger partial charge < -0.3 is 10.3 Å². The van der Waals surface area contributed by atoms with Crippen molar-refractivity contribution in [1.29, 1.82) is 0 Å². The molecule has 0 unspecified atom stereocenters. The third-order valence-electron chi connectivity index (χ3n) is 5.27. The number of anilines is 1. The molecular formula is C22H14ClF3N6O. The number of fused-ring (bicyclic) bond motifs is 2. The smallest absolute Gasteiger partial charge is 0.264 e. The monoisotopic (exact) mass is 470 g/mol. The quantitative estimate of drug-likeness (QED) is 0.390. The molecule has 0 aliphatic heterocycles. The molecule has 5 aromatic rings. The van der Waals surface area contributed by atoms with Gasteiger partial charge in [0.15, 0.2) is 11.5 Å². The lowest BCUT2D eigenvalue weighted by atomic mass is 10.1. The van der Waals surface area contributed by atoms with Crippen LogP contribution in [0.2, 0.25) is 5.02 Å². The zero-order chi connectivity index (χ0) is 23.3. The molecular weight excluding hydrogens is 457 g/mol. The summed E-state index contributed by atoms with van der Waals surface area (Å²) in [5.41, 5.74) is 0.0980. The predicted octanol–water partition coefficient (Wildman–Crippen LogP) is 4.90. The molecule has 0 aliphatic carbocycles. The molecule has 11 heteroatoms. The highest BCUT2D eigenvalue weighted by molar-refractivity contribution is 6.35. The Morgan fingerprint density at radius 2 is 1.85 bits per heavy atom. The minimum absolute atomic E-state index is 0.144. The molecule has 3 heterocycles. The number of hydrogen-bond acceptors (Lipinski definition) is 5. The highest BCUT2D eigenvalue weighted by atomic mass is 35.5. The highest BCUT2D eigenvalue weighted by Crippen LogP contribution is 2.30. The summed E-state index contributed by atoms with van der Waals surface area (Å²) in [5, 5.41) is 2.95. The molecule has 0 saturated heterocycles. The van der Waals surface area contributed by atoms with Gasteiger partial charge in [0, 0.05) is 11.8 Å². The zero-order valence-corrected chi connectivity index (χ0v) is 17.7. The van der Waals surface area contributed by atoms with Crippen LogP contribution < -0.4 is 10.9 Å². The van der Waals surface area contributed by atoms with Gasteiger partial charge in [0.1, 0.15) is 29.3 Å². The van der Waals surface area contributed by atoms with Crippen molar-refractivity contribution in [2.45, 2.75) is 13.0 Å². The fraction of sp³-hybridized carbons (Fsp3) is 0.0909. The van der Waals surface area contributed by atoms with E-state index in [0.717, 1.165) is 28.8 Å². The van der Waals surface area contributed by atoms with Crippen LogP contribution in [-0.4, -0.2) is 24.5 Å². The maximum atomic E-state index is 14.8. The Hall–Kier alpha value is -3.92. The van der Waals surface area contributed by atoms with E-state index < -0.39 is 34.1 Å². The normalized spacial score (nSPS) is 12.4. The molecule has 33 heavy (non-hydrogen) atoms.